The minimum atomic E-state index is -0.474. The van der Waals surface area contributed by atoms with Crippen LogP contribution in [-0.4, -0.2) is 32.3 Å². The zero-order chi connectivity index (χ0) is 19.6. The Hall–Kier alpha value is -3.55. The molecule has 1 amide bonds. The smallest absolute Gasteiger partial charge is 0.269 e. The number of hydrogen-bond acceptors (Lipinski definition) is 5. The normalized spacial score (nSPS) is 11.9. The predicted octanol–water partition coefficient (Wildman–Crippen LogP) is 2.52. The van der Waals surface area contributed by atoms with Crippen molar-refractivity contribution in [3.63, 3.8) is 0 Å². The van der Waals surface area contributed by atoms with E-state index in [1.54, 1.807) is 50.4 Å². The van der Waals surface area contributed by atoms with Crippen LogP contribution in [0.25, 0.3) is 10.9 Å². The van der Waals surface area contributed by atoms with Gasteiger partial charge in [0.05, 0.1) is 28.2 Å². The number of benzene rings is 2. The van der Waals surface area contributed by atoms with Gasteiger partial charge < -0.3 is 4.90 Å². The molecular formula is C19H18N4O4. The van der Waals surface area contributed by atoms with Crippen LogP contribution in [0.1, 0.15) is 18.5 Å². The number of fused-ring (bicyclic) bond motifs is 1. The molecule has 3 aromatic rings. The molecule has 8 heteroatoms. The van der Waals surface area contributed by atoms with Crippen molar-refractivity contribution < 1.29 is 9.72 Å². The molecule has 2 aromatic carbocycles. The van der Waals surface area contributed by atoms with E-state index in [0.717, 1.165) is 0 Å². The third kappa shape index (κ3) is 3.69. The highest BCUT2D eigenvalue weighted by Gasteiger charge is 2.20. The number of non-ortho nitro benzene ring substituents is 1. The Kier molecular flexibility index (Phi) is 4.98. The molecule has 1 heterocycles. The molecule has 1 aromatic heterocycles. The highest BCUT2D eigenvalue weighted by Crippen LogP contribution is 2.23. The number of nitro benzene ring substituents is 1. The zero-order valence-electron chi connectivity index (χ0n) is 14.9. The monoisotopic (exact) mass is 366 g/mol. The first-order valence-electron chi connectivity index (χ1n) is 8.32. The van der Waals surface area contributed by atoms with E-state index in [1.165, 1.54) is 27.9 Å². The maximum absolute atomic E-state index is 12.6. The van der Waals surface area contributed by atoms with E-state index in [4.69, 9.17) is 0 Å². The third-order valence-corrected chi connectivity index (χ3v) is 4.57. The fraction of sp³-hybridized carbons (Fsp3) is 0.211. The molecular weight excluding hydrogens is 348 g/mol. The van der Waals surface area contributed by atoms with E-state index in [1.807, 2.05) is 0 Å². The second-order valence-electron chi connectivity index (χ2n) is 6.23. The summed E-state index contributed by atoms with van der Waals surface area (Å²) in [5, 5.41) is 11.4. The van der Waals surface area contributed by atoms with Crippen molar-refractivity contribution in [3.8, 4) is 0 Å². The summed E-state index contributed by atoms with van der Waals surface area (Å²) in [6, 6.07) is 12.7. The van der Waals surface area contributed by atoms with E-state index < -0.39 is 4.92 Å². The van der Waals surface area contributed by atoms with Crippen molar-refractivity contribution in [2.24, 2.45) is 0 Å². The van der Waals surface area contributed by atoms with Crippen LogP contribution in [0, 0.1) is 10.1 Å². The Morgan fingerprint density at radius 3 is 2.74 bits per heavy atom. The Morgan fingerprint density at radius 1 is 1.26 bits per heavy atom. The van der Waals surface area contributed by atoms with Gasteiger partial charge in [-0.25, -0.2) is 4.98 Å². The third-order valence-electron chi connectivity index (χ3n) is 4.57. The largest absolute Gasteiger partial charge is 0.337 e. The van der Waals surface area contributed by atoms with Crippen molar-refractivity contribution in [1.82, 2.24) is 14.5 Å². The van der Waals surface area contributed by atoms with Crippen LogP contribution in [0.5, 0.6) is 0 Å². The summed E-state index contributed by atoms with van der Waals surface area (Å²) in [5.41, 5.74) is 0.897. The number of amides is 1. The van der Waals surface area contributed by atoms with Crippen LogP contribution in [0.4, 0.5) is 5.69 Å². The molecule has 0 bridgehead atoms. The number of carbonyl (C=O) groups is 1. The molecule has 0 aliphatic carbocycles. The summed E-state index contributed by atoms with van der Waals surface area (Å²) in [4.78, 5) is 41.3. The van der Waals surface area contributed by atoms with Crippen molar-refractivity contribution in [1.29, 1.82) is 0 Å². The van der Waals surface area contributed by atoms with Gasteiger partial charge in [0.1, 0.15) is 6.54 Å². The molecule has 0 N–H and O–H groups in total. The van der Waals surface area contributed by atoms with E-state index in [0.29, 0.717) is 16.5 Å². The maximum atomic E-state index is 12.6. The van der Waals surface area contributed by atoms with Crippen LogP contribution in [0.15, 0.2) is 59.7 Å². The van der Waals surface area contributed by atoms with Gasteiger partial charge in [-0.2, -0.15) is 0 Å². The van der Waals surface area contributed by atoms with Crippen LogP contribution in [0.2, 0.25) is 0 Å². The molecule has 0 fully saturated rings. The lowest BCUT2D eigenvalue weighted by molar-refractivity contribution is -0.384. The van der Waals surface area contributed by atoms with Crippen LogP contribution < -0.4 is 5.56 Å². The number of aromatic nitrogens is 2. The average Bonchev–Trinajstić information content (AvgIpc) is 2.69. The molecule has 0 saturated carbocycles. The standard InChI is InChI=1S/C19H18N4O4/c1-13(14-6-5-7-15(10-14)23(26)27)21(2)18(24)11-22-12-20-17-9-4-3-8-16(17)19(22)25/h3-10,12-13H,11H2,1-2H3/t13-/m0/s1. The highest BCUT2D eigenvalue weighted by atomic mass is 16.6. The Balaban J connectivity index is 1.82. The lowest BCUT2D eigenvalue weighted by Crippen LogP contribution is -2.35. The lowest BCUT2D eigenvalue weighted by Gasteiger charge is -2.25. The summed E-state index contributed by atoms with van der Waals surface area (Å²) in [6.07, 6.45) is 1.36. The fourth-order valence-corrected chi connectivity index (χ4v) is 2.81. The first-order chi connectivity index (χ1) is 12.9. The van der Waals surface area contributed by atoms with Crippen LogP contribution in [-0.2, 0) is 11.3 Å². The molecule has 27 heavy (non-hydrogen) atoms. The second kappa shape index (κ2) is 7.36. The summed E-state index contributed by atoms with van der Waals surface area (Å²) in [5.74, 6) is -0.298. The number of nitro groups is 1. The van der Waals surface area contributed by atoms with E-state index in [9.17, 15) is 19.7 Å². The maximum Gasteiger partial charge on any atom is 0.269 e. The van der Waals surface area contributed by atoms with Gasteiger partial charge in [0.2, 0.25) is 5.91 Å². The quantitative estimate of drug-likeness (QED) is 0.510. The van der Waals surface area contributed by atoms with Gasteiger partial charge >= 0.3 is 0 Å². The lowest BCUT2D eigenvalue weighted by atomic mass is 10.1. The van der Waals surface area contributed by atoms with Gasteiger partial charge in [-0.1, -0.05) is 24.3 Å². The van der Waals surface area contributed by atoms with Crippen molar-refractivity contribution >= 4 is 22.5 Å². The molecule has 0 saturated heterocycles. The topological polar surface area (TPSA) is 98.3 Å². The molecule has 1 atom stereocenters. The molecule has 138 valence electrons. The SMILES string of the molecule is C[C@@H](c1cccc([N+](=O)[O-])c1)N(C)C(=O)Cn1cnc2ccccc2c1=O. The zero-order valence-corrected chi connectivity index (χ0v) is 14.9. The van der Waals surface area contributed by atoms with E-state index in [2.05, 4.69) is 4.98 Å². The van der Waals surface area contributed by atoms with E-state index >= 15 is 0 Å². The van der Waals surface area contributed by atoms with E-state index in [-0.39, 0.29) is 29.7 Å². The van der Waals surface area contributed by atoms with Gasteiger partial charge in [-0.3, -0.25) is 24.3 Å². The number of nitrogens with zero attached hydrogens (tertiary/aromatic N) is 4. The highest BCUT2D eigenvalue weighted by molar-refractivity contribution is 5.79. The molecule has 8 nitrogen and oxygen atoms in total. The summed E-state index contributed by atoms with van der Waals surface area (Å²) < 4.78 is 1.27. The second-order valence-corrected chi connectivity index (χ2v) is 6.23. The van der Waals surface area contributed by atoms with Crippen LogP contribution in [0.3, 0.4) is 0 Å². The summed E-state index contributed by atoms with van der Waals surface area (Å²) >= 11 is 0. The molecule has 0 radical (unpaired) electrons. The Bertz CT molecular complexity index is 1080. The minimum Gasteiger partial charge on any atom is -0.337 e. The van der Waals surface area contributed by atoms with Crippen molar-refractivity contribution in [2.45, 2.75) is 19.5 Å². The molecule has 0 aliphatic heterocycles. The minimum absolute atomic E-state index is 0.0323. The summed E-state index contributed by atoms with van der Waals surface area (Å²) in [7, 11) is 1.60. The van der Waals surface area contributed by atoms with Gasteiger partial charge in [0.15, 0.2) is 0 Å². The summed E-state index contributed by atoms with van der Waals surface area (Å²) in [6.45, 7) is 1.62. The Morgan fingerprint density at radius 2 is 2.00 bits per heavy atom. The van der Waals surface area contributed by atoms with Gasteiger partial charge in [0.25, 0.3) is 11.2 Å². The van der Waals surface area contributed by atoms with Gasteiger partial charge in [-0.15, -0.1) is 0 Å². The molecule has 0 spiro atoms. The fourth-order valence-electron chi connectivity index (χ4n) is 2.81. The van der Waals surface area contributed by atoms with Crippen LogP contribution >= 0.6 is 0 Å². The van der Waals surface area contributed by atoms with Crippen molar-refractivity contribution in [3.05, 3.63) is 80.9 Å². The first-order valence-corrected chi connectivity index (χ1v) is 8.32. The molecule has 3 rings (SSSR count). The number of likely N-dealkylation sites (N-methyl/N-ethyl adjacent to an activating group) is 1. The number of rotatable bonds is 5. The predicted molar refractivity (Wildman–Crippen MR) is 100 cm³/mol. The van der Waals surface area contributed by atoms with Gasteiger partial charge in [0, 0.05) is 19.2 Å². The average molecular weight is 366 g/mol. The van der Waals surface area contributed by atoms with Crippen molar-refractivity contribution in [2.75, 3.05) is 7.05 Å². The Labute approximate surface area is 154 Å². The molecule has 0 unspecified atom stereocenters. The first kappa shape index (κ1) is 18.2. The number of para-hydroxylation sites is 1. The molecule has 0 aliphatic rings. The number of carbonyl (C=O) groups excluding carboxylic acids is 1. The van der Waals surface area contributed by atoms with Gasteiger partial charge in [-0.05, 0) is 24.6 Å². The number of hydrogen-bond donors (Lipinski definition) is 0.